The summed E-state index contributed by atoms with van der Waals surface area (Å²) >= 11 is 3.48. The van der Waals surface area contributed by atoms with Crippen molar-refractivity contribution in [3.05, 3.63) is 11.8 Å². The first-order chi connectivity index (χ1) is 7.49. The van der Waals surface area contributed by atoms with Gasteiger partial charge in [-0.1, -0.05) is 29.8 Å². The number of aryl methyl sites for hydroxylation is 1. The normalized spacial score (nSPS) is 21.2. The van der Waals surface area contributed by atoms with Crippen LogP contribution in [-0.4, -0.2) is 27.1 Å². The molecule has 1 aliphatic rings. The van der Waals surface area contributed by atoms with E-state index in [0.717, 1.165) is 18.1 Å². The van der Waals surface area contributed by atoms with Gasteiger partial charge in [-0.2, -0.15) is 5.10 Å². The fourth-order valence-electron chi connectivity index (χ4n) is 1.90. The monoisotopic (exact) mass is 285 g/mol. The second-order valence-corrected chi connectivity index (χ2v) is 5.81. The van der Waals surface area contributed by atoms with Crippen LogP contribution in [0.25, 0.3) is 0 Å². The zero-order valence-corrected chi connectivity index (χ0v) is 11.4. The van der Waals surface area contributed by atoms with Crippen LogP contribution in [0.1, 0.15) is 31.9 Å². The van der Waals surface area contributed by atoms with Crippen LogP contribution in [0.5, 0.6) is 0 Å². The number of amides is 1. The number of hydrogen-bond donors (Lipinski definition) is 0. The van der Waals surface area contributed by atoms with Gasteiger partial charge in [0.2, 0.25) is 5.91 Å². The quantitative estimate of drug-likeness (QED) is 0.780. The first kappa shape index (κ1) is 11.6. The maximum Gasteiger partial charge on any atom is 0.229 e. The highest BCUT2D eigenvalue weighted by Crippen LogP contribution is 2.27. The predicted octanol–water partition coefficient (Wildman–Crippen LogP) is 2.04. The van der Waals surface area contributed by atoms with Gasteiger partial charge in [0.05, 0.1) is 5.69 Å². The van der Waals surface area contributed by atoms with Crippen molar-refractivity contribution in [3.63, 3.8) is 0 Å². The van der Waals surface area contributed by atoms with Gasteiger partial charge in [0.15, 0.2) is 0 Å². The molecule has 16 heavy (non-hydrogen) atoms. The molecule has 1 aromatic heterocycles. The average molecular weight is 286 g/mol. The van der Waals surface area contributed by atoms with Crippen LogP contribution in [0, 0.1) is 0 Å². The molecule has 4 nitrogen and oxygen atoms in total. The molecule has 0 N–H and O–H groups in total. The lowest BCUT2D eigenvalue weighted by molar-refractivity contribution is -0.117. The Labute approximate surface area is 104 Å². The zero-order chi connectivity index (χ0) is 11.9. The number of halogens is 1. The summed E-state index contributed by atoms with van der Waals surface area (Å²) in [6, 6.07) is 2.01. The maximum atomic E-state index is 11.8. The molecule has 1 atom stereocenters. The Bertz CT molecular complexity index is 413. The first-order valence-electron chi connectivity index (χ1n) is 5.47. The molecule has 0 aliphatic carbocycles. The largest absolute Gasteiger partial charge is 0.296 e. The molecule has 1 aliphatic heterocycles. The van der Waals surface area contributed by atoms with Gasteiger partial charge in [-0.05, 0) is 5.92 Å². The van der Waals surface area contributed by atoms with E-state index < -0.39 is 0 Å². The molecule has 1 saturated heterocycles. The minimum absolute atomic E-state index is 0.167. The van der Waals surface area contributed by atoms with Crippen molar-refractivity contribution in [2.75, 3.05) is 11.4 Å². The van der Waals surface area contributed by atoms with E-state index in [1.165, 1.54) is 0 Å². The lowest BCUT2D eigenvalue weighted by Crippen LogP contribution is -2.26. The molecule has 0 aromatic carbocycles. The highest BCUT2D eigenvalue weighted by atomic mass is 79.9. The molecule has 1 unspecified atom stereocenters. The lowest BCUT2D eigenvalue weighted by atomic mass is 10.1. The molecule has 0 radical (unpaired) electrons. The molecular weight excluding hydrogens is 270 g/mol. The summed E-state index contributed by atoms with van der Waals surface area (Å²) < 4.78 is 1.79. The van der Waals surface area contributed by atoms with E-state index >= 15 is 0 Å². The molecule has 2 rings (SSSR count). The number of rotatable bonds is 2. The summed E-state index contributed by atoms with van der Waals surface area (Å²) in [7, 11) is 1.88. The smallest absolute Gasteiger partial charge is 0.229 e. The van der Waals surface area contributed by atoms with Crippen molar-refractivity contribution in [1.29, 1.82) is 0 Å². The third-order valence-corrected chi connectivity index (χ3v) is 3.43. The third-order valence-electron chi connectivity index (χ3n) is 2.82. The second kappa shape index (κ2) is 4.20. The van der Waals surface area contributed by atoms with Crippen LogP contribution in [0.2, 0.25) is 0 Å². The average Bonchev–Trinajstić information content (AvgIpc) is 2.69. The van der Waals surface area contributed by atoms with E-state index in [4.69, 9.17) is 0 Å². The standard InChI is InChI=1S/C11H16BrN3O/c1-7(2)9-5-10(14(3)13-9)15-6-8(12)4-11(15)16/h5,7-8H,4,6H2,1-3H3. The number of hydrogen-bond acceptors (Lipinski definition) is 2. The van der Waals surface area contributed by atoms with Crippen molar-refractivity contribution in [1.82, 2.24) is 9.78 Å². The van der Waals surface area contributed by atoms with Crippen molar-refractivity contribution in [2.24, 2.45) is 7.05 Å². The summed E-state index contributed by atoms with van der Waals surface area (Å²) in [6.07, 6.45) is 0.572. The van der Waals surface area contributed by atoms with E-state index in [1.54, 1.807) is 9.58 Å². The summed E-state index contributed by atoms with van der Waals surface area (Å²) in [6.45, 7) is 4.94. The Morgan fingerprint density at radius 3 is 2.69 bits per heavy atom. The van der Waals surface area contributed by atoms with Gasteiger partial charge in [0.25, 0.3) is 0 Å². The van der Waals surface area contributed by atoms with Gasteiger partial charge < -0.3 is 0 Å². The van der Waals surface area contributed by atoms with Crippen LogP contribution in [0.3, 0.4) is 0 Å². The van der Waals surface area contributed by atoms with E-state index in [2.05, 4.69) is 34.9 Å². The van der Waals surface area contributed by atoms with Crippen molar-refractivity contribution < 1.29 is 4.79 Å². The molecule has 1 amide bonds. The van der Waals surface area contributed by atoms with Gasteiger partial charge >= 0.3 is 0 Å². The number of carbonyl (C=O) groups excluding carboxylic acids is 1. The molecule has 0 saturated carbocycles. The van der Waals surface area contributed by atoms with Crippen LogP contribution in [-0.2, 0) is 11.8 Å². The summed E-state index contributed by atoms with van der Waals surface area (Å²) in [4.78, 5) is 13.8. The van der Waals surface area contributed by atoms with E-state index in [-0.39, 0.29) is 10.7 Å². The van der Waals surface area contributed by atoms with E-state index in [0.29, 0.717) is 12.3 Å². The Balaban J connectivity index is 2.30. The molecule has 0 spiro atoms. The maximum absolute atomic E-state index is 11.8. The molecule has 5 heteroatoms. The third kappa shape index (κ3) is 2.00. The van der Waals surface area contributed by atoms with Crippen molar-refractivity contribution >= 4 is 27.7 Å². The van der Waals surface area contributed by atoms with Gasteiger partial charge in [0, 0.05) is 30.9 Å². The zero-order valence-electron chi connectivity index (χ0n) is 9.77. The van der Waals surface area contributed by atoms with Crippen molar-refractivity contribution in [2.45, 2.75) is 31.0 Å². The Kier molecular flexibility index (Phi) is 3.06. The Morgan fingerprint density at radius 1 is 1.56 bits per heavy atom. The fraction of sp³-hybridized carbons (Fsp3) is 0.636. The summed E-state index contributed by atoms with van der Waals surface area (Å²) in [5.41, 5.74) is 1.03. The van der Waals surface area contributed by atoms with Gasteiger partial charge in [0.1, 0.15) is 5.82 Å². The Hall–Kier alpha value is -0.840. The van der Waals surface area contributed by atoms with Crippen LogP contribution < -0.4 is 4.90 Å². The minimum Gasteiger partial charge on any atom is -0.296 e. The number of carbonyl (C=O) groups is 1. The second-order valence-electron chi connectivity index (χ2n) is 4.51. The molecule has 88 valence electrons. The number of alkyl halides is 1. The van der Waals surface area contributed by atoms with Gasteiger partial charge in [-0.15, -0.1) is 0 Å². The molecule has 1 aromatic rings. The topological polar surface area (TPSA) is 38.1 Å². The summed E-state index contributed by atoms with van der Waals surface area (Å²) in [5, 5.41) is 4.42. The SMILES string of the molecule is CC(C)c1cc(N2CC(Br)CC2=O)n(C)n1. The molecule has 2 heterocycles. The van der Waals surface area contributed by atoms with Crippen LogP contribution in [0.15, 0.2) is 6.07 Å². The molecule has 0 bridgehead atoms. The van der Waals surface area contributed by atoms with E-state index in [1.807, 2.05) is 13.1 Å². The lowest BCUT2D eigenvalue weighted by Gasteiger charge is -2.14. The fourth-order valence-corrected chi connectivity index (χ4v) is 2.47. The van der Waals surface area contributed by atoms with E-state index in [9.17, 15) is 4.79 Å². The number of nitrogens with zero attached hydrogens (tertiary/aromatic N) is 3. The van der Waals surface area contributed by atoms with Crippen LogP contribution >= 0.6 is 15.9 Å². The van der Waals surface area contributed by atoms with Gasteiger partial charge in [-0.25, -0.2) is 0 Å². The molecular formula is C11H16BrN3O. The molecule has 1 fully saturated rings. The van der Waals surface area contributed by atoms with Crippen LogP contribution in [0.4, 0.5) is 5.82 Å². The predicted molar refractivity (Wildman–Crippen MR) is 67.0 cm³/mol. The minimum atomic E-state index is 0.167. The summed E-state index contributed by atoms with van der Waals surface area (Å²) in [5.74, 6) is 1.45. The highest BCUT2D eigenvalue weighted by Gasteiger charge is 2.30. The Morgan fingerprint density at radius 2 is 2.25 bits per heavy atom. The first-order valence-corrected chi connectivity index (χ1v) is 6.39. The number of anilines is 1. The van der Waals surface area contributed by atoms with Gasteiger partial charge in [-0.3, -0.25) is 14.4 Å². The number of aromatic nitrogens is 2. The van der Waals surface area contributed by atoms with Crippen molar-refractivity contribution in [3.8, 4) is 0 Å². The highest BCUT2D eigenvalue weighted by molar-refractivity contribution is 9.09.